The second-order valence-corrected chi connectivity index (χ2v) is 6.58. The van der Waals surface area contributed by atoms with Crippen LogP contribution in [0, 0.1) is 6.92 Å². The van der Waals surface area contributed by atoms with E-state index < -0.39 is 0 Å². The summed E-state index contributed by atoms with van der Waals surface area (Å²) in [6.07, 6.45) is 3.79. The summed E-state index contributed by atoms with van der Waals surface area (Å²) >= 11 is 3.65. The highest BCUT2D eigenvalue weighted by Gasteiger charge is 2.10. The van der Waals surface area contributed by atoms with Crippen LogP contribution in [-0.2, 0) is 6.54 Å². The van der Waals surface area contributed by atoms with Gasteiger partial charge in [-0.05, 0) is 45.4 Å². The minimum Gasteiger partial charge on any atom is -0.308 e. The zero-order valence-corrected chi connectivity index (χ0v) is 13.5. The van der Waals surface area contributed by atoms with Crippen LogP contribution in [0.15, 0.2) is 35.1 Å². The average molecular weight is 322 g/mol. The second kappa shape index (κ2) is 5.47. The molecule has 0 aliphatic rings. The maximum absolute atomic E-state index is 4.25. The van der Waals surface area contributed by atoms with E-state index in [1.54, 1.807) is 0 Å². The largest absolute Gasteiger partial charge is 0.308 e. The molecular weight excluding hydrogens is 302 g/mol. The Bertz CT molecular complexity index is 567. The second-order valence-electron chi connectivity index (χ2n) is 5.72. The third-order valence-electron chi connectivity index (χ3n) is 2.95. The zero-order valence-electron chi connectivity index (χ0n) is 11.9. The molecule has 0 saturated heterocycles. The van der Waals surface area contributed by atoms with Crippen LogP contribution in [0.25, 0.3) is 5.69 Å². The molecule has 0 saturated carbocycles. The number of nitrogens with one attached hydrogen (secondary N) is 1. The molecule has 1 aromatic carbocycles. The van der Waals surface area contributed by atoms with Crippen molar-refractivity contribution in [2.75, 3.05) is 0 Å². The van der Waals surface area contributed by atoms with Crippen molar-refractivity contribution in [2.45, 2.75) is 39.8 Å². The van der Waals surface area contributed by atoms with Gasteiger partial charge >= 0.3 is 0 Å². The molecule has 0 radical (unpaired) electrons. The lowest BCUT2D eigenvalue weighted by atomic mass is 10.1. The molecule has 2 rings (SSSR count). The van der Waals surface area contributed by atoms with E-state index >= 15 is 0 Å². The van der Waals surface area contributed by atoms with Gasteiger partial charge in [0, 0.05) is 34.6 Å². The number of hydrogen-bond acceptors (Lipinski definition) is 2. The smallest absolute Gasteiger partial charge is 0.110 e. The number of benzene rings is 1. The van der Waals surface area contributed by atoms with Crippen LogP contribution < -0.4 is 5.32 Å². The minimum atomic E-state index is 0.124. The van der Waals surface area contributed by atoms with Crippen LogP contribution in [-0.4, -0.2) is 15.1 Å². The van der Waals surface area contributed by atoms with Gasteiger partial charge in [0.05, 0.1) is 0 Å². The van der Waals surface area contributed by atoms with Gasteiger partial charge in [0.2, 0.25) is 0 Å². The van der Waals surface area contributed by atoms with Gasteiger partial charge < -0.3 is 9.88 Å². The fourth-order valence-corrected chi connectivity index (χ4v) is 2.35. The molecule has 1 heterocycles. The molecule has 0 aliphatic carbocycles. The lowest BCUT2D eigenvalue weighted by Crippen LogP contribution is -2.35. The van der Waals surface area contributed by atoms with E-state index in [1.165, 1.54) is 5.56 Å². The number of rotatable bonds is 3. The third kappa shape index (κ3) is 3.67. The van der Waals surface area contributed by atoms with Crippen LogP contribution in [0.1, 0.15) is 32.2 Å². The molecule has 0 atom stereocenters. The minimum absolute atomic E-state index is 0.124. The van der Waals surface area contributed by atoms with E-state index in [9.17, 15) is 0 Å². The molecule has 0 spiro atoms. The first-order chi connectivity index (χ1) is 8.87. The Kier molecular flexibility index (Phi) is 4.11. The first-order valence-electron chi connectivity index (χ1n) is 6.40. The standard InChI is InChI=1S/C15H20BrN3/c1-11-17-7-8-19(11)13-6-5-12(14(16)9-13)10-18-15(2,3)4/h5-9,18H,10H2,1-4H3. The highest BCUT2D eigenvalue weighted by molar-refractivity contribution is 9.10. The van der Waals surface area contributed by atoms with Crippen molar-refractivity contribution >= 4 is 15.9 Å². The van der Waals surface area contributed by atoms with E-state index in [-0.39, 0.29) is 5.54 Å². The lowest BCUT2D eigenvalue weighted by molar-refractivity contribution is 0.424. The Labute approximate surface area is 123 Å². The predicted octanol–water partition coefficient (Wildman–Crippen LogP) is 3.83. The van der Waals surface area contributed by atoms with Gasteiger partial charge in [-0.1, -0.05) is 22.0 Å². The van der Waals surface area contributed by atoms with Crippen LogP contribution in [0.3, 0.4) is 0 Å². The van der Waals surface area contributed by atoms with E-state index in [0.29, 0.717) is 0 Å². The van der Waals surface area contributed by atoms with Crippen molar-refractivity contribution in [3.8, 4) is 5.69 Å². The summed E-state index contributed by atoms with van der Waals surface area (Å²) in [6.45, 7) is 9.37. The molecule has 3 nitrogen and oxygen atoms in total. The van der Waals surface area contributed by atoms with Gasteiger partial charge in [-0.3, -0.25) is 0 Å². The van der Waals surface area contributed by atoms with E-state index in [1.807, 2.05) is 19.3 Å². The SMILES string of the molecule is Cc1nccn1-c1ccc(CNC(C)(C)C)c(Br)c1. The van der Waals surface area contributed by atoms with Crippen LogP contribution in [0.4, 0.5) is 0 Å². The quantitative estimate of drug-likeness (QED) is 0.931. The summed E-state index contributed by atoms with van der Waals surface area (Å²) in [4.78, 5) is 4.25. The lowest BCUT2D eigenvalue weighted by Gasteiger charge is -2.21. The van der Waals surface area contributed by atoms with Crippen molar-refractivity contribution in [1.82, 2.24) is 14.9 Å². The highest BCUT2D eigenvalue weighted by atomic mass is 79.9. The molecule has 0 fully saturated rings. The molecule has 0 aliphatic heterocycles. The molecule has 0 bridgehead atoms. The molecule has 1 aromatic heterocycles. The number of aromatic nitrogens is 2. The Balaban J connectivity index is 2.20. The van der Waals surface area contributed by atoms with Crippen molar-refractivity contribution in [3.63, 3.8) is 0 Å². The van der Waals surface area contributed by atoms with Gasteiger partial charge in [0.1, 0.15) is 5.82 Å². The van der Waals surface area contributed by atoms with Crippen LogP contribution >= 0.6 is 15.9 Å². The van der Waals surface area contributed by atoms with Crippen LogP contribution in [0.5, 0.6) is 0 Å². The number of imidazole rings is 1. The van der Waals surface area contributed by atoms with Gasteiger partial charge in [-0.15, -0.1) is 0 Å². The topological polar surface area (TPSA) is 29.9 Å². The summed E-state index contributed by atoms with van der Waals surface area (Å²) in [5.74, 6) is 0.993. The highest BCUT2D eigenvalue weighted by Crippen LogP contribution is 2.22. The fourth-order valence-electron chi connectivity index (χ4n) is 1.84. The summed E-state index contributed by atoms with van der Waals surface area (Å²) < 4.78 is 3.20. The van der Waals surface area contributed by atoms with E-state index in [4.69, 9.17) is 0 Å². The van der Waals surface area contributed by atoms with Gasteiger partial charge in [0.25, 0.3) is 0 Å². The van der Waals surface area contributed by atoms with Gasteiger partial charge in [-0.25, -0.2) is 4.98 Å². The normalized spacial score (nSPS) is 11.8. The molecule has 2 aromatic rings. The van der Waals surface area contributed by atoms with Gasteiger partial charge in [0.15, 0.2) is 0 Å². The number of aryl methyl sites for hydroxylation is 1. The van der Waals surface area contributed by atoms with E-state index in [0.717, 1.165) is 22.5 Å². The van der Waals surface area contributed by atoms with Crippen molar-refractivity contribution in [1.29, 1.82) is 0 Å². The molecule has 0 unspecified atom stereocenters. The van der Waals surface area contributed by atoms with E-state index in [2.05, 4.69) is 69.8 Å². The molecule has 1 N–H and O–H groups in total. The monoisotopic (exact) mass is 321 g/mol. The maximum atomic E-state index is 4.25. The van der Waals surface area contributed by atoms with Gasteiger partial charge in [-0.2, -0.15) is 0 Å². The molecule has 102 valence electrons. The number of nitrogens with zero attached hydrogens (tertiary/aromatic N) is 2. The maximum Gasteiger partial charge on any atom is 0.110 e. The fraction of sp³-hybridized carbons (Fsp3) is 0.400. The summed E-state index contributed by atoms with van der Waals surface area (Å²) in [5, 5.41) is 3.50. The first-order valence-corrected chi connectivity index (χ1v) is 7.20. The summed E-state index contributed by atoms with van der Waals surface area (Å²) in [6, 6.07) is 6.41. The molecule has 19 heavy (non-hydrogen) atoms. The third-order valence-corrected chi connectivity index (χ3v) is 3.69. The molecule has 0 amide bonds. The number of halogens is 1. The Morgan fingerprint density at radius 1 is 1.32 bits per heavy atom. The van der Waals surface area contributed by atoms with Crippen molar-refractivity contribution in [3.05, 3.63) is 46.5 Å². The molecule has 4 heteroatoms. The van der Waals surface area contributed by atoms with Crippen molar-refractivity contribution < 1.29 is 0 Å². The molecular formula is C15H20BrN3. The average Bonchev–Trinajstić information content (AvgIpc) is 2.72. The number of hydrogen-bond donors (Lipinski definition) is 1. The van der Waals surface area contributed by atoms with Crippen molar-refractivity contribution in [2.24, 2.45) is 0 Å². The predicted molar refractivity (Wildman–Crippen MR) is 82.6 cm³/mol. The zero-order chi connectivity index (χ0) is 14.0. The Morgan fingerprint density at radius 2 is 2.05 bits per heavy atom. The first kappa shape index (κ1) is 14.3. The Hall–Kier alpha value is -1.13. The van der Waals surface area contributed by atoms with Crippen LogP contribution in [0.2, 0.25) is 0 Å². The summed E-state index contributed by atoms with van der Waals surface area (Å²) in [5.41, 5.74) is 2.51. The Morgan fingerprint density at radius 3 is 2.58 bits per heavy atom. The summed E-state index contributed by atoms with van der Waals surface area (Å²) in [7, 11) is 0.